The Morgan fingerprint density at radius 1 is 1.61 bits per heavy atom. The van der Waals surface area contributed by atoms with Gasteiger partial charge in [0.1, 0.15) is 5.78 Å². The zero-order chi connectivity index (χ0) is 13.0. The van der Waals surface area contributed by atoms with Crippen LogP contribution in [0.2, 0.25) is 0 Å². The maximum atomic E-state index is 11.5. The molecule has 1 aromatic heterocycles. The van der Waals surface area contributed by atoms with Crippen molar-refractivity contribution in [1.82, 2.24) is 15.0 Å². The summed E-state index contributed by atoms with van der Waals surface area (Å²) < 4.78 is 5.17. The first kappa shape index (κ1) is 13.5. The van der Waals surface area contributed by atoms with Gasteiger partial charge in [-0.15, -0.1) is 0 Å². The highest BCUT2D eigenvalue weighted by atomic mass is 32.2. The summed E-state index contributed by atoms with van der Waals surface area (Å²) >= 11 is 1.90. The molecule has 1 aromatic rings. The van der Waals surface area contributed by atoms with Gasteiger partial charge in [-0.05, 0) is 13.5 Å². The number of carbonyl (C=O) groups is 1. The number of Topliss-reactive ketones (excluding diaryl/α,β-unsaturated/α-hetero) is 1. The van der Waals surface area contributed by atoms with Crippen molar-refractivity contribution in [1.29, 1.82) is 0 Å². The average molecular weight is 269 g/mol. The standard InChI is InChI=1S/C12H19N3O2S/c1-3-4-9(16)7-11-13-12(14-17-11)10-8-18-6-5-15(10)2/h10H,3-8H2,1-2H3. The fourth-order valence-electron chi connectivity index (χ4n) is 1.97. The lowest BCUT2D eigenvalue weighted by molar-refractivity contribution is -0.118. The molecular weight excluding hydrogens is 250 g/mol. The van der Waals surface area contributed by atoms with E-state index in [0.717, 1.165) is 24.5 Å². The molecule has 1 fully saturated rings. The molecule has 5 nitrogen and oxygen atoms in total. The minimum absolute atomic E-state index is 0.166. The highest BCUT2D eigenvalue weighted by Gasteiger charge is 2.26. The first-order valence-corrected chi connectivity index (χ1v) is 7.48. The van der Waals surface area contributed by atoms with Crippen LogP contribution in [0.4, 0.5) is 0 Å². The van der Waals surface area contributed by atoms with E-state index in [4.69, 9.17) is 4.52 Å². The van der Waals surface area contributed by atoms with Gasteiger partial charge in [-0.3, -0.25) is 9.69 Å². The molecule has 0 N–H and O–H groups in total. The van der Waals surface area contributed by atoms with Crippen LogP contribution in [0.15, 0.2) is 4.52 Å². The first-order chi connectivity index (χ1) is 8.70. The van der Waals surface area contributed by atoms with E-state index in [1.165, 1.54) is 0 Å². The molecule has 2 heterocycles. The van der Waals surface area contributed by atoms with Crippen molar-refractivity contribution in [2.45, 2.75) is 32.2 Å². The summed E-state index contributed by atoms with van der Waals surface area (Å²) in [5.74, 6) is 3.46. The molecule has 0 aromatic carbocycles. The smallest absolute Gasteiger partial charge is 0.234 e. The van der Waals surface area contributed by atoms with E-state index in [1.54, 1.807) is 0 Å². The van der Waals surface area contributed by atoms with Gasteiger partial charge in [0, 0.05) is 24.5 Å². The molecule has 1 aliphatic heterocycles. The van der Waals surface area contributed by atoms with Gasteiger partial charge in [-0.2, -0.15) is 16.7 Å². The molecule has 0 radical (unpaired) electrons. The Hall–Kier alpha value is -0.880. The summed E-state index contributed by atoms with van der Waals surface area (Å²) in [6.45, 7) is 3.03. The summed E-state index contributed by atoms with van der Waals surface area (Å²) in [5.41, 5.74) is 0. The molecule has 0 spiro atoms. The Labute approximate surface area is 111 Å². The third-order valence-corrected chi connectivity index (χ3v) is 4.08. The van der Waals surface area contributed by atoms with Crippen LogP contribution in [0, 0.1) is 0 Å². The van der Waals surface area contributed by atoms with Crippen molar-refractivity contribution >= 4 is 17.5 Å². The molecule has 2 rings (SSSR count). The summed E-state index contributed by atoms with van der Waals surface area (Å²) in [5, 5.41) is 4.01. The largest absolute Gasteiger partial charge is 0.339 e. The molecule has 0 bridgehead atoms. The number of ketones is 1. The van der Waals surface area contributed by atoms with Gasteiger partial charge >= 0.3 is 0 Å². The van der Waals surface area contributed by atoms with Gasteiger partial charge in [-0.25, -0.2) is 0 Å². The second-order valence-corrected chi connectivity index (χ2v) is 5.73. The maximum absolute atomic E-state index is 11.5. The molecule has 1 atom stereocenters. The van der Waals surface area contributed by atoms with Gasteiger partial charge in [0.05, 0.1) is 12.5 Å². The zero-order valence-electron chi connectivity index (χ0n) is 10.9. The third kappa shape index (κ3) is 3.32. The second kappa shape index (κ2) is 6.33. The van der Waals surface area contributed by atoms with E-state index in [2.05, 4.69) is 22.1 Å². The molecule has 0 aliphatic carbocycles. The van der Waals surface area contributed by atoms with E-state index in [-0.39, 0.29) is 18.2 Å². The number of thioether (sulfide) groups is 1. The fourth-order valence-corrected chi connectivity index (χ4v) is 3.18. The van der Waals surface area contributed by atoms with Gasteiger partial charge in [0.15, 0.2) is 5.82 Å². The van der Waals surface area contributed by atoms with Crippen molar-refractivity contribution in [2.24, 2.45) is 0 Å². The van der Waals surface area contributed by atoms with Gasteiger partial charge < -0.3 is 4.52 Å². The molecule has 18 heavy (non-hydrogen) atoms. The quantitative estimate of drug-likeness (QED) is 0.811. The summed E-state index contributed by atoms with van der Waals surface area (Å²) in [6, 6.07) is 0.211. The lowest BCUT2D eigenvalue weighted by Gasteiger charge is -2.29. The van der Waals surface area contributed by atoms with Crippen LogP contribution in [0.3, 0.4) is 0 Å². The number of carbonyl (C=O) groups excluding carboxylic acids is 1. The monoisotopic (exact) mass is 269 g/mol. The van der Waals surface area contributed by atoms with E-state index in [9.17, 15) is 4.79 Å². The van der Waals surface area contributed by atoms with Gasteiger partial charge in [-0.1, -0.05) is 12.1 Å². The fraction of sp³-hybridized carbons (Fsp3) is 0.750. The van der Waals surface area contributed by atoms with Crippen LogP contribution in [-0.2, 0) is 11.2 Å². The molecular formula is C12H19N3O2S. The topological polar surface area (TPSA) is 59.2 Å². The number of rotatable bonds is 5. The van der Waals surface area contributed by atoms with Gasteiger partial charge in [0.2, 0.25) is 5.89 Å². The van der Waals surface area contributed by atoms with Crippen LogP contribution < -0.4 is 0 Å². The molecule has 1 aliphatic rings. The molecule has 100 valence electrons. The average Bonchev–Trinajstić information content (AvgIpc) is 2.78. The summed E-state index contributed by atoms with van der Waals surface area (Å²) in [6.07, 6.45) is 1.71. The predicted molar refractivity (Wildman–Crippen MR) is 70.6 cm³/mol. The van der Waals surface area contributed by atoms with Crippen LogP contribution in [-0.4, -0.2) is 45.9 Å². The van der Waals surface area contributed by atoms with E-state index in [1.807, 2.05) is 18.7 Å². The van der Waals surface area contributed by atoms with E-state index < -0.39 is 0 Å². The summed E-state index contributed by atoms with van der Waals surface area (Å²) in [7, 11) is 2.07. The molecule has 1 unspecified atom stereocenters. The van der Waals surface area contributed by atoms with Crippen molar-refractivity contribution in [3.8, 4) is 0 Å². The SMILES string of the molecule is CCCC(=O)Cc1nc(C2CSCCN2C)no1. The Balaban J connectivity index is 1.98. The van der Waals surface area contributed by atoms with Crippen molar-refractivity contribution in [2.75, 3.05) is 25.1 Å². The Bertz CT molecular complexity index is 408. The number of hydrogen-bond donors (Lipinski definition) is 0. The van der Waals surface area contributed by atoms with Crippen LogP contribution in [0.5, 0.6) is 0 Å². The zero-order valence-corrected chi connectivity index (χ0v) is 11.7. The lowest BCUT2D eigenvalue weighted by atomic mass is 10.2. The van der Waals surface area contributed by atoms with E-state index >= 15 is 0 Å². The van der Waals surface area contributed by atoms with Crippen molar-refractivity contribution in [3.05, 3.63) is 11.7 Å². The highest BCUT2D eigenvalue weighted by Crippen LogP contribution is 2.26. The van der Waals surface area contributed by atoms with Gasteiger partial charge in [0.25, 0.3) is 0 Å². The normalized spacial score (nSPS) is 21.1. The van der Waals surface area contributed by atoms with Crippen LogP contribution >= 0.6 is 11.8 Å². The third-order valence-electron chi connectivity index (χ3n) is 3.06. The first-order valence-electron chi connectivity index (χ1n) is 6.33. The van der Waals surface area contributed by atoms with Crippen molar-refractivity contribution in [3.63, 3.8) is 0 Å². The minimum Gasteiger partial charge on any atom is -0.339 e. The van der Waals surface area contributed by atoms with E-state index in [0.29, 0.717) is 18.1 Å². The highest BCUT2D eigenvalue weighted by molar-refractivity contribution is 7.99. The summed E-state index contributed by atoms with van der Waals surface area (Å²) in [4.78, 5) is 18.1. The Morgan fingerprint density at radius 2 is 2.44 bits per heavy atom. The number of hydrogen-bond acceptors (Lipinski definition) is 6. The van der Waals surface area contributed by atoms with Crippen LogP contribution in [0.25, 0.3) is 0 Å². The molecule has 6 heteroatoms. The Morgan fingerprint density at radius 3 is 3.17 bits per heavy atom. The minimum atomic E-state index is 0.166. The Kier molecular flexibility index (Phi) is 4.77. The molecule has 0 saturated carbocycles. The lowest BCUT2D eigenvalue weighted by Crippen LogP contribution is -2.33. The maximum Gasteiger partial charge on any atom is 0.234 e. The number of nitrogens with zero attached hydrogens (tertiary/aromatic N) is 3. The second-order valence-electron chi connectivity index (χ2n) is 4.58. The molecule has 0 amide bonds. The predicted octanol–water partition coefficient (Wildman–Crippen LogP) is 1.70. The van der Waals surface area contributed by atoms with Crippen molar-refractivity contribution < 1.29 is 9.32 Å². The molecule has 1 saturated heterocycles. The number of aromatic nitrogens is 2. The van der Waals surface area contributed by atoms with Crippen LogP contribution in [0.1, 0.15) is 37.5 Å².